The molecule has 1 aliphatic heterocycles. The minimum atomic E-state index is -0.152. The summed E-state index contributed by atoms with van der Waals surface area (Å²) in [5, 5.41) is 0.565. The molecule has 5 rings (SSSR count). The third-order valence-electron chi connectivity index (χ3n) is 5.89. The number of aromatic nitrogens is 4. The fourth-order valence-corrected chi connectivity index (χ4v) is 4.67. The van der Waals surface area contributed by atoms with Crippen LogP contribution in [0.25, 0.3) is 10.9 Å². The molecule has 0 atom stereocenters. The van der Waals surface area contributed by atoms with Crippen molar-refractivity contribution in [1.82, 2.24) is 24.4 Å². The maximum absolute atomic E-state index is 13.0. The lowest BCUT2D eigenvalue weighted by molar-refractivity contribution is 0.0746. The number of halogens is 1. The maximum atomic E-state index is 13.0. The number of nitrogens with zero attached hydrogens (tertiary/aromatic N) is 5. The Kier molecular flexibility index (Phi) is 6.25. The number of nitrogens with one attached hydrogen (secondary N) is 1. The minimum absolute atomic E-state index is 0.00908. The molecule has 0 aliphatic carbocycles. The summed E-state index contributed by atoms with van der Waals surface area (Å²) in [6.45, 7) is 2.91. The van der Waals surface area contributed by atoms with Crippen LogP contribution >= 0.6 is 28.1 Å². The van der Waals surface area contributed by atoms with Crippen molar-refractivity contribution < 1.29 is 4.79 Å². The van der Waals surface area contributed by atoms with Crippen LogP contribution < -0.4 is 10.5 Å². The smallest absolute Gasteiger partial charge is 0.262 e. The number of hydrogen-bond acceptors (Lipinski definition) is 6. The predicted molar refractivity (Wildman–Crippen MR) is 137 cm³/mol. The number of rotatable bonds is 4. The average Bonchev–Trinajstić information content (AvgIpc) is 2.88. The van der Waals surface area contributed by atoms with Gasteiger partial charge in [0, 0.05) is 48.6 Å². The Balaban J connectivity index is 1.29. The molecule has 0 radical (unpaired) electrons. The fourth-order valence-electron chi connectivity index (χ4n) is 4.05. The van der Waals surface area contributed by atoms with Gasteiger partial charge in [0.25, 0.3) is 11.5 Å². The molecule has 34 heavy (non-hydrogen) atoms. The van der Waals surface area contributed by atoms with Gasteiger partial charge in [0.1, 0.15) is 0 Å². The Morgan fingerprint density at radius 2 is 1.74 bits per heavy atom. The van der Waals surface area contributed by atoms with E-state index in [0.717, 1.165) is 10.0 Å². The lowest BCUT2D eigenvalue weighted by atomic mass is 10.1. The van der Waals surface area contributed by atoms with E-state index in [0.29, 0.717) is 59.9 Å². The van der Waals surface area contributed by atoms with E-state index in [1.54, 1.807) is 36.7 Å². The van der Waals surface area contributed by atoms with E-state index < -0.39 is 0 Å². The van der Waals surface area contributed by atoms with Crippen molar-refractivity contribution >= 4 is 50.9 Å². The van der Waals surface area contributed by atoms with Crippen LogP contribution in [0.15, 0.2) is 70.2 Å². The van der Waals surface area contributed by atoms with E-state index in [1.807, 2.05) is 29.2 Å². The number of piperazine rings is 1. The van der Waals surface area contributed by atoms with Gasteiger partial charge in [0.2, 0.25) is 5.95 Å². The normalized spacial score (nSPS) is 13.9. The summed E-state index contributed by atoms with van der Waals surface area (Å²) < 4.78 is 2.72. The van der Waals surface area contributed by atoms with Crippen LogP contribution in [0.1, 0.15) is 15.9 Å². The van der Waals surface area contributed by atoms with E-state index >= 15 is 0 Å². The number of anilines is 1. The topological polar surface area (TPSA) is 87.1 Å². The van der Waals surface area contributed by atoms with Crippen LogP contribution in [0.4, 0.5) is 5.95 Å². The summed E-state index contributed by atoms with van der Waals surface area (Å²) >= 11 is 8.83. The third kappa shape index (κ3) is 4.51. The van der Waals surface area contributed by atoms with Crippen molar-refractivity contribution in [2.45, 2.75) is 6.54 Å². The molecule has 0 spiro atoms. The molecule has 1 N–H and O–H groups in total. The van der Waals surface area contributed by atoms with Gasteiger partial charge in [-0.25, -0.2) is 9.97 Å². The maximum Gasteiger partial charge on any atom is 0.262 e. The highest BCUT2D eigenvalue weighted by molar-refractivity contribution is 9.10. The highest BCUT2D eigenvalue weighted by atomic mass is 79.9. The summed E-state index contributed by atoms with van der Waals surface area (Å²) in [6.07, 6.45) is 3.44. The largest absolute Gasteiger partial charge is 0.337 e. The van der Waals surface area contributed by atoms with Gasteiger partial charge in [-0.05, 0) is 54.2 Å². The molecule has 0 bridgehead atoms. The quantitative estimate of drug-likeness (QED) is 0.401. The molecule has 2 aromatic heterocycles. The van der Waals surface area contributed by atoms with Crippen LogP contribution in [0.3, 0.4) is 0 Å². The number of amides is 1. The minimum Gasteiger partial charge on any atom is -0.337 e. The third-order valence-corrected chi connectivity index (χ3v) is 6.70. The fraction of sp³-hybridized carbons (Fsp3) is 0.208. The SMILES string of the molecule is O=C(c1ccc(Cn2c(=S)[nH]c3ccc(Br)cc3c2=O)cc1)N1CCN(c2ncccn2)CC1. The van der Waals surface area contributed by atoms with Gasteiger partial charge in [-0.15, -0.1) is 0 Å². The number of carbonyl (C=O) groups is 1. The monoisotopic (exact) mass is 536 g/mol. The summed E-state index contributed by atoms with van der Waals surface area (Å²) in [6, 6.07) is 14.6. The number of aromatic amines is 1. The van der Waals surface area contributed by atoms with Crippen molar-refractivity contribution in [1.29, 1.82) is 0 Å². The van der Waals surface area contributed by atoms with Gasteiger partial charge in [0.15, 0.2) is 4.77 Å². The average molecular weight is 537 g/mol. The van der Waals surface area contributed by atoms with Crippen LogP contribution in [0.5, 0.6) is 0 Å². The Hall–Kier alpha value is -3.37. The molecule has 0 unspecified atom stereocenters. The first-order valence-electron chi connectivity index (χ1n) is 10.8. The van der Waals surface area contributed by atoms with E-state index in [1.165, 1.54) is 4.57 Å². The van der Waals surface area contributed by atoms with Crippen LogP contribution in [0, 0.1) is 4.77 Å². The van der Waals surface area contributed by atoms with Crippen LogP contribution in [-0.2, 0) is 6.54 Å². The Labute approximate surface area is 209 Å². The van der Waals surface area contributed by atoms with Crippen molar-refractivity contribution in [3.8, 4) is 0 Å². The first kappa shape index (κ1) is 22.4. The molecule has 0 saturated carbocycles. The van der Waals surface area contributed by atoms with Gasteiger partial charge in [0.05, 0.1) is 17.4 Å². The van der Waals surface area contributed by atoms with E-state index in [2.05, 4.69) is 35.8 Å². The number of carbonyl (C=O) groups excluding carboxylic acids is 1. The number of benzene rings is 2. The molecule has 4 aromatic rings. The summed E-state index contributed by atoms with van der Waals surface area (Å²) in [4.78, 5) is 41.6. The van der Waals surface area contributed by atoms with Gasteiger partial charge in [-0.1, -0.05) is 28.1 Å². The standard InChI is InChI=1S/C24H21BrN6O2S/c25-18-6-7-20-19(14-18)22(33)31(24(34)28-20)15-16-2-4-17(5-3-16)21(32)29-10-12-30(13-11-29)23-26-8-1-9-27-23/h1-9,14H,10-13,15H2,(H,28,34). The summed E-state index contributed by atoms with van der Waals surface area (Å²) in [7, 11) is 0. The molecular weight excluding hydrogens is 516 g/mol. The van der Waals surface area contributed by atoms with Crippen molar-refractivity contribution in [2.24, 2.45) is 0 Å². The Morgan fingerprint density at radius 3 is 2.44 bits per heavy atom. The van der Waals surface area contributed by atoms with Crippen LogP contribution in [0.2, 0.25) is 0 Å². The molecule has 8 nitrogen and oxygen atoms in total. The van der Waals surface area contributed by atoms with Crippen LogP contribution in [-0.4, -0.2) is 56.5 Å². The molecule has 10 heteroatoms. The lowest BCUT2D eigenvalue weighted by Gasteiger charge is -2.34. The predicted octanol–water partition coefficient (Wildman–Crippen LogP) is 3.62. The van der Waals surface area contributed by atoms with E-state index in [9.17, 15) is 9.59 Å². The second-order valence-corrected chi connectivity index (χ2v) is 9.34. The lowest BCUT2D eigenvalue weighted by Crippen LogP contribution is -2.49. The molecule has 2 aromatic carbocycles. The molecule has 172 valence electrons. The Bertz CT molecular complexity index is 1460. The van der Waals surface area contributed by atoms with E-state index in [-0.39, 0.29) is 11.5 Å². The van der Waals surface area contributed by atoms with Crippen molar-refractivity contribution in [3.05, 3.63) is 91.6 Å². The van der Waals surface area contributed by atoms with Crippen molar-refractivity contribution in [2.75, 3.05) is 31.1 Å². The van der Waals surface area contributed by atoms with Gasteiger partial charge in [-0.2, -0.15) is 0 Å². The zero-order valence-electron chi connectivity index (χ0n) is 18.1. The molecule has 1 fully saturated rings. The molecular formula is C24H21BrN6O2S. The zero-order chi connectivity index (χ0) is 23.7. The summed E-state index contributed by atoms with van der Waals surface area (Å²) in [5.74, 6) is 0.679. The first-order chi connectivity index (χ1) is 16.5. The molecule has 1 aliphatic rings. The second kappa shape index (κ2) is 9.47. The number of hydrogen-bond donors (Lipinski definition) is 1. The zero-order valence-corrected chi connectivity index (χ0v) is 20.6. The van der Waals surface area contributed by atoms with Crippen molar-refractivity contribution in [3.63, 3.8) is 0 Å². The first-order valence-corrected chi connectivity index (χ1v) is 12.0. The number of H-pyrrole nitrogens is 1. The number of fused-ring (bicyclic) bond motifs is 1. The van der Waals surface area contributed by atoms with Gasteiger partial charge in [-0.3, -0.25) is 14.2 Å². The molecule has 1 saturated heterocycles. The van der Waals surface area contributed by atoms with Gasteiger partial charge >= 0.3 is 0 Å². The summed E-state index contributed by atoms with van der Waals surface area (Å²) in [5.41, 5.74) is 2.06. The second-order valence-electron chi connectivity index (χ2n) is 8.04. The highest BCUT2D eigenvalue weighted by Gasteiger charge is 2.23. The molecule has 3 heterocycles. The highest BCUT2D eigenvalue weighted by Crippen LogP contribution is 2.17. The van der Waals surface area contributed by atoms with Gasteiger partial charge < -0.3 is 14.8 Å². The molecule has 1 amide bonds. The Morgan fingerprint density at radius 1 is 1.03 bits per heavy atom. The van der Waals surface area contributed by atoms with E-state index in [4.69, 9.17) is 12.2 Å².